The van der Waals surface area contributed by atoms with Crippen molar-refractivity contribution in [2.75, 3.05) is 0 Å². The van der Waals surface area contributed by atoms with E-state index in [0.717, 1.165) is 47.7 Å². The summed E-state index contributed by atoms with van der Waals surface area (Å²) >= 11 is 0. The zero-order valence-electron chi connectivity index (χ0n) is 79.1. The molecule has 0 amide bonds. The number of benzene rings is 10. The molecule has 0 spiro atoms. The Morgan fingerprint density at radius 1 is 0.256 bits per heavy atom. The Balaban J connectivity index is 0.000000148. The van der Waals surface area contributed by atoms with Gasteiger partial charge in [-0.1, -0.05) is 190 Å². The molecule has 0 aliphatic heterocycles. The van der Waals surface area contributed by atoms with E-state index < -0.39 is 0 Å². The number of aromatic nitrogens is 5. The van der Waals surface area contributed by atoms with Gasteiger partial charge in [0.05, 0.1) is 5.39 Å². The number of aryl methyl sites for hydroxylation is 15. The fourth-order valence-electron chi connectivity index (χ4n) is 18.1. The minimum Gasteiger partial charge on any atom is -0.206 e. The molecule has 0 N–H and O–H groups in total. The standard InChI is InChI=1S/C25H31FN.2C23H28N.2C22H26N/c1-14(2)20-13-23-19(24(15(3)4)25(20)26)9-10-22(27(23)8)21-12-16(5)11-17(6)18(21)7;1-15(2)11-19-7-8-20-9-10-22(24(6)23(20)14-19)21-13-16(3)12-17(4)18(21)5;1-15(2)12-19-8-7-9-22-20(19)10-11-23(24(22)6)21-14-16(3)13-17(4)18(21)5;1-15(2)12-18-8-9-19-10-11-21(23(5)22(19)14-18)20-13-16(3)6-7-17(20)4;1-15(2)13-18-7-6-8-21-19(18)11-12-22(23(21)5)20-14-16(3)9-10-17(20)4/h9-15H,1-8H3;7-10,12-15H,11H2,1-6H3;7-11,13-15H,12H2,1-6H3;6-11,13-15H,12H2,1-5H3;6-12,14-15H,13H2,1-5H3/q5*+1. The van der Waals surface area contributed by atoms with Crippen LogP contribution in [0.5, 0.6) is 0 Å². The molecule has 626 valence electrons. The Morgan fingerprint density at radius 2 is 0.570 bits per heavy atom. The van der Waals surface area contributed by atoms with E-state index in [1.165, 1.54) is 194 Å². The van der Waals surface area contributed by atoms with Gasteiger partial charge >= 0.3 is 0 Å². The van der Waals surface area contributed by atoms with Gasteiger partial charge < -0.3 is 0 Å². The molecule has 6 heteroatoms. The van der Waals surface area contributed by atoms with Crippen LogP contribution in [0.1, 0.15) is 201 Å². The normalized spacial score (nSPS) is 11.5. The van der Waals surface area contributed by atoms with Crippen molar-refractivity contribution in [2.24, 2.45) is 58.9 Å². The molecule has 0 fully saturated rings. The highest BCUT2D eigenvalue weighted by atomic mass is 19.1. The van der Waals surface area contributed by atoms with Crippen LogP contribution < -0.4 is 22.8 Å². The average Bonchev–Trinajstić information content (AvgIpc) is 0.756. The zero-order chi connectivity index (χ0) is 88.0. The van der Waals surface area contributed by atoms with Crippen molar-refractivity contribution in [2.45, 2.75) is 211 Å². The summed E-state index contributed by atoms with van der Waals surface area (Å²) in [7, 11) is 10.8. The summed E-state index contributed by atoms with van der Waals surface area (Å²) in [5, 5.41) is 6.36. The van der Waals surface area contributed by atoms with E-state index >= 15 is 4.39 Å². The van der Waals surface area contributed by atoms with Crippen LogP contribution in [-0.2, 0) is 60.9 Å². The highest BCUT2D eigenvalue weighted by molar-refractivity contribution is 5.86. The predicted octanol–water partition coefficient (Wildman–Crippen LogP) is 27.8. The van der Waals surface area contributed by atoms with E-state index in [1.807, 2.05) is 6.07 Å². The van der Waals surface area contributed by atoms with Crippen LogP contribution in [0.25, 0.3) is 111 Å². The second kappa shape index (κ2) is 38.9. The number of fused-ring (bicyclic) bond motifs is 5. The summed E-state index contributed by atoms with van der Waals surface area (Å²) in [5.41, 5.74) is 43.8. The molecule has 0 aliphatic carbocycles. The number of nitrogens with zero attached hydrogens (tertiary/aromatic N) is 5. The van der Waals surface area contributed by atoms with Gasteiger partial charge in [-0.25, -0.2) is 4.39 Å². The number of halogens is 1. The van der Waals surface area contributed by atoms with Gasteiger partial charge in [-0.05, 0) is 296 Å². The van der Waals surface area contributed by atoms with E-state index in [-0.39, 0.29) is 17.7 Å². The van der Waals surface area contributed by atoms with Crippen molar-refractivity contribution >= 4 is 54.5 Å². The molecule has 0 bridgehead atoms. The van der Waals surface area contributed by atoms with E-state index in [9.17, 15) is 0 Å². The van der Waals surface area contributed by atoms with Crippen molar-refractivity contribution in [1.82, 2.24) is 0 Å². The molecule has 10 aromatic carbocycles. The van der Waals surface area contributed by atoms with Crippen molar-refractivity contribution in [3.63, 3.8) is 0 Å². The Bertz CT molecular complexity index is 6200. The lowest BCUT2D eigenvalue weighted by Gasteiger charge is -2.17. The van der Waals surface area contributed by atoms with Crippen LogP contribution >= 0.6 is 0 Å². The Morgan fingerprint density at radius 3 is 0.917 bits per heavy atom. The topological polar surface area (TPSA) is 19.4 Å². The predicted molar refractivity (Wildman–Crippen MR) is 517 cm³/mol. The first-order valence-corrected chi connectivity index (χ1v) is 44.5. The van der Waals surface area contributed by atoms with Crippen LogP contribution in [0.15, 0.2) is 212 Å². The molecule has 5 nitrogen and oxygen atoms in total. The first kappa shape index (κ1) is 90.9. The van der Waals surface area contributed by atoms with E-state index in [4.69, 9.17) is 0 Å². The monoisotopic (exact) mass is 1610 g/mol. The molecule has 121 heavy (non-hydrogen) atoms. The Hall–Kier alpha value is -10.8. The number of hydrogen-bond donors (Lipinski definition) is 0. The lowest BCUT2D eigenvalue weighted by molar-refractivity contribution is -0.633. The molecule has 0 aliphatic rings. The van der Waals surface area contributed by atoms with Gasteiger partial charge in [0, 0.05) is 116 Å². The third-order valence-electron chi connectivity index (χ3n) is 24.9. The molecule has 15 rings (SSSR count). The van der Waals surface area contributed by atoms with Crippen molar-refractivity contribution < 1.29 is 27.2 Å². The quantitative estimate of drug-likeness (QED) is 0.0912. The maximum absolute atomic E-state index is 15.2. The molecular formula is C115H139FN5+5. The maximum atomic E-state index is 15.2. The summed E-state index contributed by atoms with van der Waals surface area (Å²) in [6.07, 6.45) is 4.51. The van der Waals surface area contributed by atoms with Crippen molar-refractivity contribution in [3.05, 3.63) is 324 Å². The maximum Gasteiger partial charge on any atom is 0.213 e. The van der Waals surface area contributed by atoms with Crippen LogP contribution in [0.2, 0.25) is 0 Å². The first-order chi connectivity index (χ1) is 57.3. The zero-order valence-corrected chi connectivity index (χ0v) is 79.1. The first-order valence-electron chi connectivity index (χ1n) is 44.5. The molecule has 5 aromatic heterocycles. The summed E-state index contributed by atoms with van der Waals surface area (Å²) in [5.74, 6) is 2.95. The highest BCUT2D eigenvalue weighted by Crippen LogP contribution is 2.37. The van der Waals surface area contributed by atoms with Gasteiger partial charge in [-0.2, -0.15) is 22.8 Å². The second-order valence-corrected chi connectivity index (χ2v) is 37.6. The fraction of sp³-hybridized carbons (Fsp3) is 0.348. The van der Waals surface area contributed by atoms with Gasteiger partial charge in [0.15, 0.2) is 0 Å². The van der Waals surface area contributed by atoms with E-state index in [0.29, 0.717) is 23.7 Å². The van der Waals surface area contributed by atoms with Gasteiger partial charge in [0.2, 0.25) is 56.1 Å². The molecule has 0 atom stereocenters. The molecule has 0 saturated heterocycles. The summed E-state index contributed by atoms with van der Waals surface area (Å²) < 4.78 is 26.8. The fourth-order valence-corrected chi connectivity index (χ4v) is 18.1. The minimum atomic E-state index is -0.0390. The van der Waals surface area contributed by atoms with Gasteiger partial charge in [-0.3, -0.25) is 0 Å². The third-order valence-corrected chi connectivity index (χ3v) is 24.9. The molecule has 0 saturated carbocycles. The number of pyridine rings is 5. The van der Waals surface area contributed by atoms with Gasteiger partial charge in [-0.15, -0.1) is 0 Å². The van der Waals surface area contributed by atoms with Gasteiger partial charge in [0.1, 0.15) is 41.1 Å². The molecule has 0 radical (unpaired) electrons. The van der Waals surface area contributed by atoms with Crippen molar-refractivity contribution in [1.29, 1.82) is 0 Å². The van der Waals surface area contributed by atoms with E-state index in [2.05, 4.69) is 437 Å². The Labute approximate surface area is 726 Å². The smallest absolute Gasteiger partial charge is 0.206 e. The second-order valence-electron chi connectivity index (χ2n) is 37.6. The largest absolute Gasteiger partial charge is 0.213 e. The highest BCUT2D eigenvalue weighted by Gasteiger charge is 2.28. The minimum absolute atomic E-state index is 0.0390. The number of hydrogen-bond acceptors (Lipinski definition) is 0. The van der Waals surface area contributed by atoms with Crippen molar-refractivity contribution in [3.8, 4) is 56.3 Å². The summed E-state index contributed by atoms with van der Waals surface area (Å²) in [4.78, 5) is 0. The lowest BCUT2D eigenvalue weighted by Crippen LogP contribution is -2.33. The van der Waals surface area contributed by atoms with E-state index in [1.54, 1.807) is 0 Å². The lowest BCUT2D eigenvalue weighted by atomic mass is 9.90. The van der Waals surface area contributed by atoms with Crippen LogP contribution in [0.4, 0.5) is 4.39 Å². The number of rotatable bonds is 15. The Kier molecular flexibility index (Phi) is 29.3. The van der Waals surface area contributed by atoms with Crippen LogP contribution in [-0.4, -0.2) is 0 Å². The van der Waals surface area contributed by atoms with Crippen LogP contribution in [0.3, 0.4) is 0 Å². The van der Waals surface area contributed by atoms with Gasteiger partial charge in [0.25, 0.3) is 0 Å². The molecule has 15 aromatic rings. The molecule has 0 unspecified atom stereocenters. The van der Waals surface area contributed by atoms with Crippen LogP contribution in [0, 0.1) is 119 Å². The molecular weight excluding hydrogens is 1470 g/mol. The summed E-state index contributed by atoms with van der Waals surface area (Å²) in [6.45, 7) is 54.9. The molecule has 5 heterocycles. The average molecular weight is 1610 g/mol. The third kappa shape index (κ3) is 20.7. The summed E-state index contributed by atoms with van der Waals surface area (Å²) in [6, 6.07) is 78.5. The SMILES string of the molecule is Cc1cc(C)c(C)c(-c2ccc3c(C(C)C)c(F)c(C(C)C)cc3[n+]2C)c1.Cc1cc(C)c(C)c(-c2ccc3c(CC(C)C)cccc3[n+]2C)c1.Cc1cc(C)c(C)c(-c2ccc3ccc(CC(C)C)cc3[n+]2C)c1.Cc1ccc(C)c(-c2ccc3c(CC(C)C)cccc3[n+]2C)c1.Cc1ccc(C)c(-c2ccc3ccc(CC(C)C)cc3[n+]2C)c1.